The first kappa shape index (κ1) is 14.7. The second-order valence-electron chi connectivity index (χ2n) is 3.93. The van der Waals surface area contributed by atoms with Crippen molar-refractivity contribution < 1.29 is 9.53 Å². The lowest BCUT2D eigenvalue weighted by Crippen LogP contribution is -2.36. The summed E-state index contributed by atoms with van der Waals surface area (Å²) in [6.07, 6.45) is 0.562. The van der Waals surface area contributed by atoms with Crippen LogP contribution in [0.25, 0.3) is 0 Å². The lowest BCUT2D eigenvalue weighted by molar-refractivity contribution is 0.0988. The molecule has 0 bridgehead atoms. The van der Waals surface area contributed by atoms with Gasteiger partial charge in [0.15, 0.2) is 5.78 Å². The minimum atomic E-state index is 0.204. The number of rotatable bonds is 3. The van der Waals surface area contributed by atoms with Gasteiger partial charge < -0.3 is 9.64 Å². The Hall–Kier alpha value is -1.35. The molecule has 1 heterocycles. The van der Waals surface area contributed by atoms with Crippen LogP contribution in [0, 0.1) is 0 Å². The molecule has 0 spiro atoms. The molecule has 2 rings (SSSR count). The number of morpholine rings is 1. The molecule has 1 fully saturated rings. The topological polar surface area (TPSA) is 29.5 Å². The van der Waals surface area contributed by atoms with Gasteiger partial charge in [-0.2, -0.15) is 0 Å². The normalized spacial score (nSPS) is 14.7. The van der Waals surface area contributed by atoms with Crippen LogP contribution in [0.5, 0.6) is 0 Å². The van der Waals surface area contributed by atoms with Crippen molar-refractivity contribution in [3.63, 3.8) is 0 Å². The summed E-state index contributed by atoms with van der Waals surface area (Å²) in [6, 6.07) is 7.87. The van der Waals surface area contributed by atoms with E-state index in [0.29, 0.717) is 6.42 Å². The van der Waals surface area contributed by atoms with Crippen molar-refractivity contribution >= 4 is 11.5 Å². The molecule has 3 nitrogen and oxygen atoms in total. The van der Waals surface area contributed by atoms with Gasteiger partial charge in [-0.1, -0.05) is 32.9 Å². The lowest BCUT2D eigenvalue weighted by Gasteiger charge is -2.29. The summed E-state index contributed by atoms with van der Waals surface area (Å²) in [4.78, 5) is 13.9. The smallest absolute Gasteiger partial charge is 0.162 e. The van der Waals surface area contributed by atoms with Gasteiger partial charge in [0.25, 0.3) is 0 Å². The Bertz CT molecular complexity index is 371. The van der Waals surface area contributed by atoms with Gasteiger partial charge in [0.05, 0.1) is 13.2 Å². The number of ether oxygens (including phenoxy) is 1. The van der Waals surface area contributed by atoms with E-state index in [1.165, 1.54) is 0 Å². The van der Waals surface area contributed by atoms with E-state index in [0.717, 1.165) is 37.6 Å². The van der Waals surface area contributed by atoms with Crippen LogP contribution in [0.2, 0.25) is 0 Å². The minimum absolute atomic E-state index is 0.204. The Morgan fingerprint density at radius 3 is 2.56 bits per heavy atom. The fraction of sp³-hybridized carbons (Fsp3) is 0.533. The first-order valence-electron chi connectivity index (χ1n) is 6.77. The van der Waals surface area contributed by atoms with Crippen molar-refractivity contribution in [1.29, 1.82) is 0 Å². The molecule has 0 radical (unpaired) electrons. The Balaban J connectivity index is 0.000000771. The molecule has 0 N–H and O–H groups in total. The molecule has 1 aliphatic heterocycles. The maximum absolute atomic E-state index is 11.6. The van der Waals surface area contributed by atoms with Crippen LogP contribution in [0.3, 0.4) is 0 Å². The highest BCUT2D eigenvalue weighted by Gasteiger charge is 2.12. The van der Waals surface area contributed by atoms with Gasteiger partial charge in [-0.15, -0.1) is 0 Å². The van der Waals surface area contributed by atoms with Gasteiger partial charge in [0.2, 0.25) is 0 Å². The highest BCUT2D eigenvalue weighted by Crippen LogP contribution is 2.18. The lowest BCUT2D eigenvalue weighted by atomic mass is 10.1. The van der Waals surface area contributed by atoms with Crippen LogP contribution >= 0.6 is 0 Å². The number of Topliss-reactive ketones (excluding diaryl/α,β-unsaturated/α-hetero) is 1. The number of nitrogens with zero attached hydrogens (tertiary/aromatic N) is 1. The molecular weight excluding hydrogens is 226 g/mol. The van der Waals surface area contributed by atoms with Crippen LogP contribution < -0.4 is 4.90 Å². The van der Waals surface area contributed by atoms with Crippen molar-refractivity contribution in [2.75, 3.05) is 31.2 Å². The number of benzene rings is 1. The number of anilines is 1. The van der Waals surface area contributed by atoms with Crippen LogP contribution in [0.15, 0.2) is 24.3 Å². The number of hydrogen-bond donors (Lipinski definition) is 0. The van der Waals surface area contributed by atoms with E-state index < -0.39 is 0 Å². The quantitative estimate of drug-likeness (QED) is 0.771. The maximum Gasteiger partial charge on any atom is 0.162 e. The third-order valence-corrected chi connectivity index (χ3v) is 2.87. The van der Waals surface area contributed by atoms with E-state index in [1.807, 2.05) is 39.0 Å². The minimum Gasteiger partial charge on any atom is -0.378 e. The molecule has 18 heavy (non-hydrogen) atoms. The average molecular weight is 249 g/mol. The highest BCUT2D eigenvalue weighted by atomic mass is 16.5. The molecule has 1 saturated heterocycles. The molecular formula is C15H23NO2. The Morgan fingerprint density at radius 2 is 1.94 bits per heavy atom. The van der Waals surface area contributed by atoms with Gasteiger partial charge in [-0.25, -0.2) is 0 Å². The Labute approximate surface area is 110 Å². The van der Waals surface area contributed by atoms with Gasteiger partial charge in [-0.3, -0.25) is 4.79 Å². The Kier molecular flexibility index (Phi) is 6.44. The zero-order valence-electron chi connectivity index (χ0n) is 11.6. The molecule has 3 heteroatoms. The number of carbonyl (C=O) groups is 1. The SMILES string of the molecule is CC.CCC(=O)c1cccc(N2CCOCC2)c1. The fourth-order valence-electron chi connectivity index (χ4n) is 1.90. The summed E-state index contributed by atoms with van der Waals surface area (Å²) >= 11 is 0. The third-order valence-electron chi connectivity index (χ3n) is 2.87. The summed E-state index contributed by atoms with van der Waals surface area (Å²) in [6.45, 7) is 9.25. The molecule has 0 atom stereocenters. The largest absolute Gasteiger partial charge is 0.378 e. The first-order valence-corrected chi connectivity index (χ1v) is 6.77. The van der Waals surface area contributed by atoms with Crippen molar-refractivity contribution in [1.82, 2.24) is 0 Å². The van der Waals surface area contributed by atoms with Crippen LogP contribution in [-0.4, -0.2) is 32.1 Å². The average Bonchev–Trinajstić information content (AvgIpc) is 2.49. The van der Waals surface area contributed by atoms with Crippen LogP contribution in [0.4, 0.5) is 5.69 Å². The van der Waals surface area contributed by atoms with Gasteiger partial charge in [0, 0.05) is 30.8 Å². The molecule has 100 valence electrons. The monoisotopic (exact) mass is 249 g/mol. The molecule has 0 saturated carbocycles. The van der Waals surface area contributed by atoms with Crippen LogP contribution in [0.1, 0.15) is 37.6 Å². The zero-order chi connectivity index (χ0) is 13.4. The summed E-state index contributed by atoms with van der Waals surface area (Å²) in [7, 11) is 0. The summed E-state index contributed by atoms with van der Waals surface area (Å²) in [5.74, 6) is 0.204. The highest BCUT2D eigenvalue weighted by molar-refractivity contribution is 5.96. The van der Waals surface area contributed by atoms with E-state index in [9.17, 15) is 4.79 Å². The molecule has 0 unspecified atom stereocenters. The standard InChI is InChI=1S/C13H17NO2.C2H6/c1-2-13(15)11-4-3-5-12(10-11)14-6-8-16-9-7-14;1-2/h3-5,10H,2,6-9H2,1H3;1-2H3. The van der Waals surface area contributed by atoms with Gasteiger partial charge in [0.1, 0.15) is 0 Å². The summed E-state index contributed by atoms with van der Waals surface area (Å²) < 4.78 is 5.31. The van der Waals surface area contributed by atoms with E-state index >= 15 is 0 Å². The second kappa shape index (κ2) is 7.88. The molecule has 1 aromatic rings. The van der Waals surface area contributed by atoms with E-state index in [2.05, 4.69) is 11.0 Å². The molecule has 1 aromatic carbocycles. The van der Waals surface area contributed by atoms with Crippen LogP contribution in [-0.2, 0) is 4.74 Å². The first-order chi connectivity index (χ1) is 8.81. The predicted octanol–water partition coefficient (Wildman–Crippen LogP) is 3.14. The molecule has 1 aliphatic rings. The number of hydrogen-bond acceptors (Lipinski definition) is 3. The fourth-order valence-corrected chi connectivity index (χ4v) is 1.90. The van der Waals surface area contributed by atoms with Crippen molar-refractivity contribution in [3.05, 3.63) is 29.8 Å². The maximum atomic E-state index is 11.6. The van der Waals surface area contributed by atoms with Crippen molar-refractivity contribution in [2.24, 2.45) is 0 Å². The van der Waals surface area contributed by atoms with Gasteiger partial charge >= 0.3 is 0 Å². The van der Waals surface area contributed by atoms with E-state index in [-0.39, 0.29) is 5.78 Å². The van der Waals surface area contributed by atoms with Crippen molar-refractivity contribution in [3.8, 4) is 0 Å². The van der Waals surface area contributed by atoms with E-state index in [4.69, 9.17) is 4.74 Å². The summed E-state index contributed by atoms with van der Waals surface area (Å²) in [5.41, 5.74) is 1.94. The molecule has 0 aromatic heterocycles. The van der Waals surface area contributed by atoms with E-state index in [1.54, 1.807) is 0 Å². The number of ketones is 1. The zero-order valence-corrected chi connectivity index (χ0v) is 11.6. The third kappa shape index (κ3) is 3.84. The molecule has 0 amide bonds. The predicted molar refractivity (Wildman–Crippen MR) is 75.4 cm³/mol. The Morgan fingerprint density at radius 1 is 1.28 bits per heavy atom. The number of carbonyl (C=O) groups excluding carboxylic acids is 1. The van der Waals surface area contributed by atoms with Gasteiger partial charge in [-0.05, 0) is 12.1 Å². The molecule has 0 aliphatic carbocycles. The summed E-state index contributed by atoms with van der Waals surface area (Å²) in [5, 5.41) is 0. The van der Waals surface area contributed by atoms with Crippen molar-refractivity contribution in [2.45, 2.75) is 27.2 Å². The second-order valence-corrected chi connectivity index (χ2v) is 3.93.